The van der Waals surface area contributed by atoms with Gasteiger partial charge in [-0.2, -0.15) is 5.10 Å². The minimum Gasteiger partial charge on any atom is -0.490 e. The van der Waals surface area contributed by atoms with Crippen LogP contribution >= 0.6 is 0 Å². The standard InChI is InChI=1S/C40H38N6O8/c1-4-53-34-22-28(37-36(39(48)52-3)25(2)42-40(49)43-37)15-20-33(34)54-24-35(47)44-41-23-29-21-32(26-11-7-5-8-12-26)45(38(29)27-13-9-6-10-14-27)30-16-18-31(19-17-30)46(50)51/h5-23,35,37,44,47H,4,24H2,1-3H3,(H2,42,43,49)/b41-23+/t35-,37-/m1/s1. The number of methoxy groups -OCH3 is 1. The Kier molecular flexibility index (Phi) is 11.3. The first-order valence-electron chi connectivity index (χ1n) is 17.0. The Labute approximate surface area is 310 Å². The second-order valence-corrected chi connectivity index (χ2v) is 12.1. The molecule has 14 nitrogen and oxygen atoms in total. The van der Waals surface area contributed by atoms with Gasteiger partial charge in [0.1, 0.15) is 6.61 Å². The van der Waals surface area contributed by atoms with E-state index in [0.29, 0.717) is 40.6 Å². The van der Waals surface area contributed by atoms with Crippen LogP contribution in [0.2, 0.25) is 0 Å². The molecule has 14 heteroatoms. The number of nitro groups is 1. The maximum atomic E-state index is 12.6. The van der Waals surface area contributed by atoms with Crippen LogP contribution in [-0.4, -0.2) is 59.4 Å². The first-order chi connectivity index (χ1) is 26.2. The summed E-state index contributed by atoms with van der Waals surface area (Å²) in [6.07, 6.45) is 0.364. The Morgan fingerprint density at radius 1 is 0.981 bits per heavy atom. The van der Waals surface area contributed by atoms with Crippen LogP contribution in [0.1, 0.15) is 31.0 Å². The summed E-state index contributed by atoms with van der Waals surface area (Å²) >= 11 is 0. The number of hydrazone groups is 1. The number of carbonyl (C=O) groups is 2. The van der Waals surface area contributed by atoms with E-state index in [0.717, 1.165) is 22.5 Å². The molecule has 0 fully saturated rings. The van der Waals surface area contributed by atoms with Gasteiger partial charge in [-0.05, 0) is 60.9 Å². The Morgan fingerprint density at radius 2 is 1.67 bits per heavy atom. The van der Waals surface area contributed by atoms with Crippen LogP contribution in [0.25, 0.3) is 28.2 Å². The predicted octanol–water partition coefficient (Wildman–Crippen LogP) is 6.24. The number of esters is 1. The van der Waals surface area contributed by atoms with Gasteiger partial charge in [0, 0.05) is 29.1 Å². The molecule has 0 unspecified atom stereocenters. The van der Waals surface area contributed by atoms with Crippen LogP contribution in [0.5, 0.6) is 11.5 Å². The number of nitrogens with one attached hydrogen (secondary N) is 3. The van der Waals surface area contributed by atoms with E-state index in [-0.39, 0.29) is 17.9 Å². The van der Waals surface area contributed by atoms with Gasteiger partial charge in [-0.25, -0.2) is 9.59 Å². The molecule has 1 aliphatic heterocycles. The number of ether oxygens (including phenoxy) is 3. The Hall–Kier alpha value is -6.93. The van der Waals surface area contributed by atoms with Crippen molar-refractivity contribution in [1.82, 2.24) is 20.6 Å². The highest BCUT2D eigenvalue weighted by Gasteiger charge is 2.32. The molecule has 5 aromatic rings. The van der Waals surface area contributed by atoms with Gasteiger partial charge >= 0.3 is 12.0 Å². The fraction of sp³-hybridized carbons (Fsp3) is 0.175. The van der Waals surface area contributed by atoms with Gasteiger partial charge in [-0.3, -0.25) is 15.5 Å². The Morgan fingerprint density at radius 3 is 2.31 bits per heavy atom. The van der Waals surface area contributed by atoms with E-state index in [1.54, 1.807) is 50.4 Å². The van der Waals surface area contributed by atoms with Crippen molar-refractivity contribution in [1.29, 1.82) is 0 Å². The van der Waals surface area contributed by atoms with E-state index in [1.807, 2.05) is 71.3 Å². The zero-order valence-electron chi connectivity index (χ0n) is 29.7. The lowest BCUT2D eigenvalue weighted by Gasteiger charge is -2.28. The predicted molar refractivity (Wildman–Crippen MR) is 202 cm³/mol. The monoisotopic (exact) mass is 730 g/mol. The fourth-order valence-electron chi connectivity index (χ4n) is 6.15. The molecule has 54 heavy (non-hydrogen) atoms. The number of aliphatic hydroxyl groups excluding tert-OH is 1. The summed E-state index contributed by atoms with van der Waals surface area (Å²) in [4.78, 5) is 35.8. The summed E-state index contributed by atoms with van der Waals surface area (Å²) in [5.41, 5.74) is 8.73. The van der Waals surface area contributed by atoms with E-state index in [1.165, 1.54) is 19.2 Å². The molecular weight excluding hydrogens is 692 g/mol. The van der Waals surface area contributed by atoms with Crippen molar-refractivity contribution in [3.05, 3.63) is 142 Å². The SMILES string of the molecule is CCOc1cc([C@H]2NC(=O)NC(C)=C2C(=O)OC)ccc1OC[C@@H](O)N/N=C/c1cc(-c2ccccc2)n(-c2ccc([N+](=O)[O-])cc2)c1-c1ccccc1. The normalized spacial score (nSPS) is 14.6. The van der Waals surface area contributed by atoms with Crippen LogP contribution < -0.4 is 25.5 Å². The third-order valence-electron chi connectivity index (χ3n) is 8.56. The van der Waals surface area contributed by atoms with E-state index in [9.17, 15) is 24.8 Å². The summed E-state index contributed by atoms with van der Waals surface area (Å²) in [5, 5.41) is 32.0. The number of urea groups is 1. The first kappa shape index (κ1) is 36.8. The molecule has 4 aromatic carbocycles. The minimum atomic E-state index is -1.24. The maximum Gasteiger partial charge on any atom is 0.337 e. The number of hydrogen-bond acceptors (Lipinski definition) is 10. The molecule has 1 aromatic heterocycles. The Balaban J connectivity index is 1.25. The van der Waals surface area contributed by atoms with Crippen molar-refractivity contribution in [2.45, 2.75) is 26.1 Å². The number of benzene rings is 4. The molecular formula is C40H38N6O8. The number of nitrogens with zero attached hydrogens (tertiary/aromatic N) is 3. The third kappa shape index (κ3) is 8.08. The highest BCUT2D eigenvalue weighted by Crippen LogP contribution is 2.37. The number of amides is 2. The van der Waals surface area contributed by atoms with E-state index < -0.39 is 29.2 Å². The zero-order valence-corrected chi connectivity index (χ0v) is 29.7. The van der Waals surface area contributed by atoms with E-state index in [2.05, 4.69) is 21.2 Å². The quantitative estimate of drug-likeness (QED) is 0.0338. The van der Waals surface area contributed by atoms with Crippen LogP contribution in [0.4, 0.5) is 10.5 Å². The van der Waals surface area contributed by atoms with Crippen LogP contribution in [-0.2, 0) is 9.53 Å². The maximum absolute atomic E-state index is 12.6. The highest BCUT2D eigenvalue weighted by atomic mass is 16.6. The third-order valence-corrected chi connectivity index (χ3v) is 8.56. The van der Waals surface area contributed by atoms with Gasteiger partial charge in [0.15, 0.2) is 17.7 Å². The van der Waals surface area contributed by atoms with Crippen LogP contribution in [0.3, 0.4) is 0 Å². The number of allylic oxidation sites excluding steroid dienone is 1. The van der Waals surface area contributed by atoms with Gasteiger partial charge in [-0.15, -0.1) is 0 Å². The molecule has 276 valence electrons. The minimum absolute atomic E-state index is 0.0184. The van der Waals surface area contributed by atoms with Gasteiger partial charge in [0.05, 0.1) is 47.9 Å². The first-order valence-corrected chi connectivity index (χ1v) is 17.0. The molecule has 2 atom stereocenters. The molecule has 0 spiro atoms. The van der Waals surface area contributed by atoms with E-state index >= 15 is 0 Å². The number of non-ortho nitro benzene ring substituents is 1. The number of aliphatic hydroxyl groups is 1. The zero-order chi connectivity index (χ0) is 38.2. The topological polar surface area (TPSA) is 179 Å². The van der Waals surface area contributed by atoms with Crippen molar-refractivity contribution < 1.29 is 33.8 Å². The fourth-order valence-corrected chi connectivity index (χ4v) is 6.15. The number of rotatable bonds is 14. The molecule has 4 N–H and O–H groups in total. The van der Waals surface area contributed by atoms with Crippen molar-refractivity contribution in [3.63, 3.8) is 0 Å². The molecule has 0 radical (unpaired) electrons. The lowest BCUT2D eigenvalue weighted by atomic mass is 9.95. The lowest BCUT2D eigenvalue weighted by molar-refractivity contribution is -0.384. The summed E-state index contributed by atoms with van der Waals surface area (Å²) in [6.45, 7) is 3.52. The average molecular weight is 731 g/mol. The van der Waals surface area contributed by atoms with Gasteiger partial charge < -0.3 is 34.5 Å². The van der Waals surface area contributed by atoms with Crippen molar-refractivity contribution in [2.75, 3.05) is 20.3 Å². The van der Waals surface area contributed by atoms with Crippen LogP contribution in [0.15, 0.2) is 126 Å². The molecule has 6 rings (SSSR count). The van der Waals surface area contributed by atoms with Gasteiger partial charge in [0.2, 0.25) is 0 Å². The summed E-state index contributed by atoms with van der Waals surface area (Å²) in [5.74, 6) is 0.0760. The molecule has 0 saturated heterocycles. The van der Waals surface area contributed by atoms with Gasteiger partial charge in [0.25, 0.3) is 5.69 Å². The van der Waals surface area contributed by atoms with Crippen LogP contribution in [0, 0.1) is 10.1 Å². The summed E-state index contributed by atoms with van der Waals surface area (Å²) in [7, 11) is 1.27. The van der Waals surface area contributed by atoms with Crippen molar-refractivity contribution in [3.8, 4) is 39.7 Å². The molecule has 1 aliphatic rings. The smallest absolute Gasteiger partial charge is 0.337 e. The van der Waals surface area contributed by atoms with Crippen molar-refractivity contribution in [2.24, 2.45) is 5.10 Å². The molecule has 0 saturated carbocycles. The highest BCUT2D eigenvalue weighted by molar-refractivity contribution is 5.95. The molecule has 2 amide bonds. The van der Waals surface area contributed by atoms with Gasteiger partial charge in [-0.1, -0.05) is 66.7 Å². The molecule has 2 heterocycles. The lowest BCUT2D eigenvalue weighted by Crippen LogP contribution is -2.45. The molecule has 0 aliphatic carbocycles. The van der Waals surface area contributed by atoms with Crippen molar-refractivity contribution >= 4 is 23.9 Å². The second kappa shape index (κ2) is 16.6. The average Bonchev–Trinajstić information content (AvgIpc) is 3.57. The van der Waals surface area contributed by atoms with E-state index in [4.69, 9.17) is 14.2 Å². The second-order valence-electron chi connectivity index (χ2n) is 12.1. The number of aromatic nitrogens is 1. The Bertz CT molecular complexity index is 2200. The number of hydrogen-bond donors (Lipinski definition) is 4. The summed E-state index contributed by atoms with van der Waals surface area (Å²) < 4.78 is 18.7. The number of carbonyl (C=O) groups excluding carboxylic acids is 2. The summed E-state index contributed by atoms with van der Waals surface area (Å²) in [6, 6.07) is 31.5. The number of nitro benzene ring substituents is 1. The largest absolute Gasteiger partial charge is 0.490 e. The molecule has 0 bridgehead atoms.